The minimum absolute atomic E-state index is 0.918. The van der Waals surface area contributed by atoms with Gasteiger partial charge in [0.25, 0.3) is 0 Å². The van der Waals surface area contributed by atoms with Crippen LogP contribution in [0.5, 0.6) is 0 Å². The van der Waals surface area contributed by atoms with Gasteiger partial charge in [-0.15, -0.1) is 11.6 Å². The zero-order valence-corrected chi connectivity index (χ0v) is 5.69. The summed E-state index contributed by atoms with van der Waals surface area (Å²) in [4.78, 5) is 0. The van der Waals surface area contributed by atoms with Gasteiger partial charge in [0.1, 0.15) is 0 Å². The fraction of sp³-hybridized carbons (Fsp3) is 1.00. The summed E-state index contributed by atoms with van der Waals surface area (Å²) < 4.78 is 0. The second-order valence-electron chi connectivity index (χ2n) is 3.15. The van der Waals surface area contributed by atoms with Crippen molar-refractivity contribution in [2.75, 3.05) is 5.88 Å². The van der Waals surface area contributed by atoms with Crippen molar-refractivity contribution in [3.05, 3.63) is 0 Å². The maximum absolute atomic E-state index is 5.67. The van der Waals surface area contributed by atoms with E-state index in [4.69, 9.17) is 11.6 Å². The summed E-state index contributed by atoms with van der Waals surface area (Å²) in [5.41, 5.74) is 0. The first kappa shape index (κ1) is 5.10. The average molecular weight is 131 g/mol. The van der Waals surface area contributed by atoms with Crippen molar-refractivity contribution in [2.45, 2.75) is 19.3 Å². The molecular weight excluding hydrogens is 120 g/mol. The summed E-state index contributed by atoms with van der Waals surface area (Å²) in [6.07, 6.45) is 4.43. The molecule has 2 rings (SSSR count). The zero-order valence-electron chi connectivity index (χ0n) is 4.94. The molecule has 2 aliphatic carbocycles. The van der Waals surface area contributed by atoms with Gasteiger partial charge < -0.3 is 0 Å². The fourth-order valence-electron chi connectivity index (χ4n) is 1.55. The molecule has 0 nitrogen and oxygen atoms in total. The summed E-state index contributed by atoms with van der Waals surface area (Å²) in [5, 5.41) is 0. The zero-order chi connectivity index (χ0) is 5.56. The maximum atomic E-state index is 5.67. The molecule has 0 N–H and O–H groups in total. The molecule has 2 unspecified atom stereocenters. The van der Waals surface area contributed by atoms with E-state index in [1.54, 1.807) is 0 Å². The highest BCUT2D eigenvalue weighted by Gasteiger charge is 2.46. The molecule has 0 aromatic carbocycles. The second-order valence-corrected chi connectivity index (χ2v) is 3.46. The fourth-order valence-corrected chi connectivity index (χ4v) is 1.91. The van der Waals surface area contributed by atoms with Gasteiger partial charge in [0.15, 0.2) is 0 Å². The van der Waals surface area contributed by atoms with Crippen LogP contribution in [0.3, 0.4) is 0 Å². The molecule has 1 heteroatoms. The molecule has 0 aromatic heterocycles. The molecule has 0 saturated heterocycles. The minimum Gasteiger partial charge on any atom is -0.126 e. The summed E-state index contributed by atoms with van der Waals surface area (Å²) in [6.45, 7) is 0. The van der Waals surface area contributed by atoms with Crippen LogP contribution < -0.4 is 0 Å². The van der Waals surface area contributed by atoms with E-state index in [9.17, 15) is 0 Å². The van der Waals surface area contributed by atoms with Crippen molar-refractivity contribution < 1.29 is 0 Å². The number of hydrogen-bond acceptors (Lipinski definition) is 0. The maximum Gasteiger partial charge on any atom is 0.0254 e. The van der Waals surface area contributed by atoms with E-state index < -0.39 is 0 Å². The number of alkyl halides is 1. The van der Waals surface area contributed by atoms with Crippen LogP contribution >= 0.6 is 11.6 Å². The monoisotopic (exact) mass is 130 g/mol. The van der Waals surface area contributed by atoms with Crippen LogP contribution in [0.15, 0.2) is 0 Å². The third-order valence-electron chi connectivity index (χ3n) is 2.40. The Labute approximate surface area is 55.2 Å². The van der Waals surface area contributed by atoms with E-state index in [1.807, 2.05) is 0 Å². The molecule has 0 heterocycles. The predicted molar refractivity (Wildman–Crippen MR) is 35.0 cm³/mol. The number of rotatable bonds is 2. The molecule has 2 saturated carbocycles. The smallest absolute Gasteiger partial charge is 0.0254 e. The van der Waals surface area contributed by atoms with Crippen molar-refractivity contribution in [3.63, 3.8) is 0 Å². The van der Waals surface area contributed by atoms with Crippen LogP contribution in [-0.4, -0.2) is 5.88 Å². The molecule has 0 aromatic rings. The number of hydrogen-bond donors (Lipinski definition) is 0. The first-order valence-corrected chi connectivity index (χ1v) is 4.01. The Kier molecular flexibility index (Phi) is 1.04. The van der Waals surface area contributed by atoms with Crippen molar-refractivity contribution in [1.82, 2.24) is 0 Å². The van der Waals surface area contributed by atoms with Gasteiger partial charge >= 0.3 is 0 Å². The summed E-state index contributed by atoms with van der Waals surface area (Å²) in [6, 6.07) is 0. The third-order valence-corrected chi connectivity index (χ3v) is 2.80. The molecule has 0 aliphatic heterocycles. The summed E-state index contributed by atoms with van der Waals surface area (Å²) >= 11 is 5.67. The van der Waals surface area contributed by atoms with E-state index in [1.165, 1.54) is 19.3 Å². The molecule has 2 aliphatic rings. The van der Waals surface area contributed by atoms with Gasteiger partial charge in [0.05, 0.1) is 0 Å². The minimum atomic E-state index is 0.918. The van der Waals surface area contributed by atoms with Crippen LogP contribution in [-0.2, 0) is 0 Å². The van der Waals surface area contributed by atoms with E-state index in [0.717, 1.165) is 23.6 Å². The third kappa shape index (κ3) is 0.753. The summed E-state index contributed by atoms with van der Waals surface area (Å²) in [7, 11) is 0. The lowest BCUT2D eigenvalue weighted by atomic mass is 10.2. The quantitative estimate of drug-likeness (QED) is 0.503. The highest BCUT2D eigenvalue weighted by molar-refractivity contribution is 6.18. The van der Waals surface area contributed by atoms with E-state index in [-0.39, 0.29) is 0 Å². The van der Waals surface area contributed by atoms with Gasteiger partial charge in [-0.05, 0) is 37.0 Å². The van der Waals surface area contributed by atoms with Gasteiger partial charge in [0, 0.05) is 5.88 Å². The lowest BCUT2D eigenvalue weighted by molar-refractivity contribution is 0.660. The lowest BCUT2D eigenvalue weighted by Gasteiger charge is -1.86. The molecular formula is C7H11Cl. The van der Waals surface area contributed by atoms with Crippen LogP contribution in [0.25, 0.3) is 0 Å². The number of halogens is 1. The molecule has 0 spiro atoms. The first-order valence-electron chi connectivity index (χ1n) is 3.48. The van der Waals surface area contributed by atoms with Crippen LogP contribution in [0.1, 0.15) is 19.3 Å². The Morgan fingerprint density at radius 3 is 2.50 bits per heavy atom. The van der Waals surface area contributed by atoms with Gasteiger partial charge in [-0.25, -0.2) is 0 Å². The highest BCUT2D eigenvalue weighted by Crippen LogP contribution is 2.54. The molecule has 0 amide bonds. The largest absolute Gasteiger partial charge is 0.126 e. The Balaban J connectivity index is 1.79. The predicted octanol–water partition coefficient (Wildman–Crippen LogP) is 2.27. The second kappa shape index (κ2) is 1.63. The molecule has 2 atom stereocenters. The Hall–Kier alpha value is 0.290. The van der Waals surface area contributed by atoms with Gasteiger partial charge in [0.2, 0.25) is 0 Å². The Morgan fingerprint density at radius 2 is 2.12 bits per heavy atom. The van der Waals surface area contributed by atoms with Gasteiger partial charge in [-0.2, -0.15) is 0 Å². The molecule has 8 heavy (non-hydrogen) atoms. The van der Waals surface area contributed by atoms with Crippen LogP contribution in [0.2, 0.25) is 0 Å². The van der Waals surface area contributed by atoms with Gasteiger partial charge in [-0.3, -0.25) is 0 Å². The van der Waals surface area contributed by atoms with Crippen molar-refractivity contribution >= 4 is 11.6 Å². The summed E-state index contributed by atoms with van der Waals surface area (Å²) in [5.74, 6) is 4.01. The lowest BCUT2D eigenvalue weighted by Crippen LogP contribution is -1.83. The average Bonchev–Trinajstić information content (AvgIpc) is 2.62. The van der Waals surface area contributed by atoms with Gasteiger partial charge in [-0.1, -0.05) is 0 Å². The van der Waals surface area contributed by atoms with E-state index in [0.29, 0.717) is 0 Å². The van der Waals surface area contributed by atoms with E-state index >= 15 is 0 Å². The normalized spacial score (nSPS) is 44.6. The van der Waals surface area contributed by atoms with Crippen LogP contribution in [0, 0.1) is 17.8 Å². The molecule has 2 fully saturated rings. The topological polar surface area (TPSA) is 0 Å². The molecule has 0 radical (unpaired) electrons. The standard InChI is InChI=1S/C7H11Cl/c8-4-6-3-7(6)5-1-2-5/h5-7H,1-4H2. The Bertz CT molecular complexity index is 96.6. The first-order chi connectivity index (χ1) is 3.92. The van der Waals surface area contributed by atoms with Crippen LogP contribution in [0.4, 0.5) is 0 Å². The van der Waals surface area contributed by atoms with Crippen molar-refractivity contribution in [3.8, 4) is 0 Å². The molecule has 0 bridgehead atoms. The SMILES string of the molecule is ClCC1CC1C1CC1. The molecule has 46 valence electrons. The van der Waals surface area contributed by atoms with Crippen molar-refractivity contribution in [2.24, 2.45) is 17.8 Å². The van der Waals surface area contributed by atoms with Crippen molar-refractivity contribution in [1.29, 1.82) is 0 Å². The van der Waals surface area contributed by atoms with E-state index in [2.05, 4.69) is 0 Å². The Morgan fingerprint density at radius 1 is 1.38 bits per heavy atom. The highest BCUT2D eigenvalue weighted by atomic mass is 35.5.